The molecule has 0 saturated carbocycles. The number of hydrogen-bond donors (Lipinski definition) is 1. The van der Waals surface area contributed by atoms with E-state index in [1.54, 1.807) is 32.5 Å². The minimum atomic E-state index is -0.377. The molecule has 1 N–H and O–H groups in total. The molecule has 0 fully saturated rings. The molecule has 1 aromatic carbocycles. The van der Waals surface area contributed by atoms with E-state index in [1.807, 2.05) is 0 Å². The smallest absolute Gasteiger partial charge is 0.184 e. The van der Waals surface area contributed by atoms with Crippen LogP contribution in [-0.2, 0) is 6.54 Å². The van der Waals surface area contributed by atoms with Crippen LogP contribution >= 0.6 is 11.6 Å². The summed E-state index contributed by atoms with van der Waals surface area (Å²) >= 11 is 5.95. The van der Waals surface area contributed by atoms with Crippen LogP contribution in [0.5, 0.6) is 11.5 Å². The Morgan fingerprint density at radius 2 is 2.05 bits per heavy atom. The fourth-order valence-corrected chi connectivity index (χ4v) is 2.02. The minimum absolute atomic E-state index is 0.312. The van der Waals surface area contributed by atoms with Gasteiger partial charge in [-0.25, -0.2) is 4.39 Å². The molecule has 2 aromatic rings. The lowest BCUT2D eigenvalue weighted by Crippen LogP contribution is -2.05. The number of halogens is 2. The zero-order chi connectivity index (χ0) is 14.5. The van der Waals surface area contributed by atoms with Crippen molar-refractivity contribution in [3.63, 3.8) is 0 Å². The fourth-order valence-electron chi connectivity index (χ4n) is 1.79. The van der Waals surface area contributed by atoms with Crippen LogP contribution in [0.25, 0.3) is 0 Å². The van der Waals surface area contributed by atoms with E-state index in [-0.39, 0.29) is 5.82 Å². The zero-order valence-electron chi connectivity index (χ0n) is 11.1. The van der Waals surface area contributed by atoms with Gasteiger partial charge in [0.05, 0.1) is 31.5 Å². The molecule has 1 aromatic heterocycles. The first kappa shape index (κ1) is 14.4. The van der Waals surface area contributed by atoms with Gasteiger partial charge in [0.1, 0.15) is 11.5 Å². The second kappa shape index (κ2) is 6.43. The van der Waals surface area contributed by atoms with Crippen molar-refractivity contribution in [3.05, 3.63) is 47.0 Å². The van der Waals surface area contributed by atoms with E-state index in [0.717, 1.165) is 0 Å². The Hall–Kier alpha value is -2.01. The molecule has 4 nitrogen and oxygen atoms in total. The van der Waals surface area contributed by atoms with Crippen LogP contribution in [0.2, 0.25) is 5.02 Å². The van der Waals surface area contributed by atoms with Crippen LogP contribution in [0.15, 0.2) is 30.5 Å². The van der Waals surface area contributed by atoms with Crippen LogP contribution in [0.4, 0.5) is 10.1 Å². The van der Waals surface area contributed by atoms with Gasteiger partial charge in [-0.15, -0.1) is 0 Å². The second-order valence-electron chi connectivity index (χ2n) is 3.97. The summed E-state index contributed by atoms with van der Waals surface area (Å²) in [6, 6.07) is 5.88. The molecule has 6 heteroatoms. The molecule has 0 aliphatic heterocycles. The summed E-state index contributed by atoms with van der Waals surface area (Å²) < 4.78 is 23.5. The third kappa shape index (κ3) is 3.11. The van der Waals surface area contributed by atoms with E-state index < -0.39 is 0 Å². The van der Waals surface area contributed by atoms with Gasteiger partial charge in [0.25, 0.3) is 0 Å². The maximum absolute atomic E-state index is 13.0. The minimum Gasteiger partial charge on any atom is -0.493 e. The van der Waals surface area contributed by atoms with Gasteiger partial charge in [0, 0.05) is 12.3 Å². The standard InChI is InChI=1S/C14H14ClFN2O2/c1-19-13-5-6-17-12(14(13)20-2)8-18-11-4-3-9(16)7-10(11)15/h3-7,18H,8H2,1-2H3. The van der Waals surface area contributed by atoms with Crippen LogP contribution in [0.3, 0.4) is 0 Å². The summed E-state index contributed by atoms with van der Waals surface area (Å²) in [5, 5.41) is 3.40. The molecular weight excluding hydrogens is 283 g/mol. The van der Waals surface area contributed by atoms with E-state index in [1.165, 1.54) is 12.1 Å². The summed E-state index contributed by atoms with van der Waals surface area (Å²) in [4.78, 5) is 4.24. The topological polar surface area (TPSA) is 43.4 Å². The molecule has 0 spiro atoms. The molecule has 0 saturated heterocycles. The van der Waals surface area contributed by atoms with Crippen LogP contribution in [0.1, 0.15) is 5.69 Å². The van der Waals surface area contributed by atoms with Crippen molar-refractivity contribution < 1.29 is 13.9 Å². The molecule has 0 bridgehead atoms. The normalized spacial score (nSPS) is 10.2. The highest BCUT2D eigenvalue weighted by Gasteiger charge is 2.11. The molecule has 0 radical (unpaired) electrons. The highest BCUT2D eigenvalue weighted by atomic mass is 35.5. The van der Waals surface area contributed by atoms with Gasteiger partial charge in [0.15, 0.2) is 11.5 Å². The maximum Gasteiger partial charge on any atom is 0.184 e. The number of aromatic nitrogens is 1. The Kier molecular flexibility index (Phi) is 4.63. The quantitative estimate of drug-likeness (QED) is 0.917. The van der Waals surface area contributed by atoms with Gasteiger partial charge in [-0.05, 0) is 18.2 Å². The third-order valence-corrected chi connectivity index (χ3v) is 3.06. The van der Waals surface area contributed by atoms with Gasteiger partial charge in [-0.1, -0.05) is 11.6 Å². The predicted molar refractivity (Wildman–Crippen MR) is 76.1 cm³/mol. The first-order valence-corrected chi connectivity index (χ1v) is 6.28. The van der Waals surface area contributed by atoms with Crippen molar-refractivity contribution >= 4 is 17.3 Å². The van der Waals surface area contributed by atoms with Crippen LogP contribution in [0, 0.1) is 5.82 Å². The van der Waals surface area contributed by atoms with E-state index in [0.29, 0.717) is 34.4 Å². The Labute approximate surface area is 121 Å². The molecule has 106 valence electrons. The highest BCUT2D eigenvalue weighted by Crippen LogP contribution is 2.30. The molecular formula is C14H14ClFN2O2. The summed E-state index contributed by atoms with van der Waals surface area (Å²) in [5.41, 5.74) is 1.30. The van der Waals surface area contributed by atoms with Gasteiger partial charge in [0.2, 0.25) is 0 Å². The van der Waals surface area contributed by atoms with Crippen molar-refractivity contribution in [1.82, 2.24) is 4.98 Å². The van der Waals surface area contributed by atoms with Crippen molar-refractivity contribution in [2.24, 2.45) is 0 Å². The lowest BCUT2D eigenvalue weighted by atomic mass is 10.2. The van der Waals surface area contributed by atoms with Gasteiger partial charge < -0.3 is 14.8 Å². The molecule has 1 heterocycles. The van der Waals surface area contributed by atoms with E-state index in [2.05, 4.69) is 10.3 Å². The number of pyridine rings is 1. The monoisotopic (exact) mass is 296 g/mol. The number of benzene rings is 1. The Balaban J connectivity index is 2.18. The zero-order valence-corrected chi connectivity index (χ0v) is 11.9. The molecule has 2 rings (SSSR count). The van der Waals surface area contributed by atoms with Crippen LogP contribution in [-0.4, -0.2) is 19.2 Å². The average molecular weight is 297 g/mol. The SMILES string of the molecule is COc1ccnc(CNc2ccc(F)cc2Cl)c1OC. The van der Waals surface area contributed by atoms with E-state index in [9.17, 15) is 4.39 Å². The fraction of sp³-hybridized carbons (Fsp3) is 0.214. The number of methoxy groups -OCH3 is 2. The van der Waals surface area contributed by atoms with Gasteiger partial charge in [-0.2, -0.15) is 0 Å². The third-order valence-electron chi connectivity index (χ3n) is 2.74. The largest absolute Gasteiger partial charge is 0.493 e. The van der Waals surface area contributed by atoms with Crippen molar-refractivity contribution in [1.29, 1.82) is 0 Å². The maximum atomic E-state index is 13.0. The van der Waals surface area contributed by atoms with Gasteiger partial charge in [-0.3, -0.25) is 4.98 Å². The number of hydrogen-bond acceptors (Lipinski definition) is 4. The lowest BCUT2D eigenvalue weighted by Gasteiger charge is -2.13. The first-order chi connectivity index (χ1) is 9.65. The van der Waals surface area contributed by atoms with Crippen molar-refractivity contribution in [3.8, 4) is 11.5 Å². The first-order valence-electron chi connectivity index (χ1n) is 5.90. The van der Waals surface area contributed by atoms with Crippen molar-refractivity contribution in [2.75, 3.05) is 19.5 Å². The molecule has 0 amide bonds. The summed E-state index contributed by atoms with van der Waals surface area (Å²) in [7, 11) is 3.11. The van der Waals surface area contributed by atoms with E-state index >= 15 is 0 Å². The lowest BCUT2D eigenvalue weighted by molar-refractivity contribution is 0.350. The number of anilines is 1. The number of rotatable bonds is 5. The highest BCUT2D eigenvalue weighted by molar-refractivity contribution is 6.33. The molecule has 0 unspecified atom stereocenters. The Bertz CT molecular complexity index is 608. The predicted octanol–water partition coefficient (Wildman–Crippen LogP) is 3.50. The summed E-state index contributed by atoms with van der Waals surface area (Å²) in [5.74, 6) is 0.780. The van der Waals surface area contributed by atoms with Crippen LogP contribution < -0.4 is 14.8 Å². The number of ether oxygens (including phenoxy) is 2. The Morgan fingerprint density at radius 3 is 2.70 bits per heavy atom. The number of nitrogens with one attached hydrogen (secondary N) is 1. The molecule has 0 aliphatic carbocycles. The summed E-state index contributed by atoms with van der Waals surface area (Å²) in [6.07, 6.45) is 1.63. The van der Waals surface area contributed by atoms with Crippen molar-refractivity contribution in [2.45, 2.75) is 6.54 Å². The molecule has 0 aliphatic rings. The Morgan fingerprint density at radius 1 is 1.25 bits per heavy atom. The molecule has 0 atom stereocenters. The number of nitrogens with zero attached hydrogens (tertiary/aromatic N) is 1. The summed E-state index contributed by atoms with van der Waals surface area (Å²) in [6.45, 7) is 0.381. The van der Waals surface area contributed by atoms with Gasteiger partial charge >= 0.3 is 0 Å². The average Bonchev–Trinajstić information content (AvgIpc) is 2.45. The second-order valence-corrected chi connectivity index (χ2v) is 4.38. The molecule has 20 heavy (non-hydrogen) atoms. The van der Waals surface area contributed by atoms with E-state index in [4.69, 9.17) is 21.1 Å².